The molecule has 6 nitrogen and oxygen atoms in total. The van der Waals surface area contributed by atoms with Gasteiger partial charge >= 0.3 is 0 Å². The molecule has 0 fully saturated rings. The topological polar surface area (TPSA) is 61.2 Å². The van der Waals surface area contributed by atoms with E-state index in [2.05, 4.69) is 28.6 Å². The fourth-order valence-electron chi connectivity index (χ4n) is 3.24. The van der Waals surface area contributed by atoms with Crippen LogP contribution < -0.4 is 14.9 Å². The molecule has 0 saturated heterocycles. The first-order chi connectivity index (χ1) is 13.7. The summed E-state index contributed by atoms with van der Waals surface area (Å²) in [5, 5.41) is 10.0. The lowest BCUT2D eigenvalue weighted by Gasteiger charge is -2.19. The standard InChI is InChI=1S/C20H21ClN4O2S/c1-4-12-10-14(17(27-5-2)11-16(12)26-3)19-24-25-18(22-23-20(25)28-19)13-8-6-7-9-15(13)21/h6-11,19,24H,4-5H2,1-3H3. The largest absolute Gasteiger partial charge is 0.496 e. The van der Waals surface area contributed by atoms with Crippen molar-refractivity contribution in [2.75, 3.05) is 19.1 Å². The van der Waals surface area contributed by atoms with Crippen LogP contribution in [0.4, 0.5) is 0 Å². The van der Waals surface area contributed by atoms with Gasteiger partial charge in [0, 0.05) is 17.2 Å². The fourth-order valence-corrected chi connectivity index (χ4v) is 4.47. The minimum absolute atomic E-state index is 0.0514. The van der Waals surface area contributed by atoms with E-state index in [9.17, 15) is 0 Å². The normalized spacial score (nSPS) is 15.2. The van der Waals surface area contributed by atoms with Gasteiger partial charge in [0.15, 0.2) is 5.82 Å². The number of rotatable bonds is 6. The van der Waals surface area contributed by atoms with E-state index in [1.807, 2.05) is 41.9 Å². The molecule has 2 heterocycles. The average molecular weight is 417 g/mol. The molecule has 146 valence electrons. The van der Waals surface area contributed by atoms with Gasteiger partial charge in [0.1, 0.15) is 16.9 Å². The number of hydrogen-bond acceptors (Lipinski definition) is 6. The smallest absolute Gasteiger partial charge is 0.212 e. The lowest BCUT2D eigenvalue weighted by atomic mass is 10.1. The lowest BCUT2D eigenvalue weighted by molar-refractivity contribution is 0.332. The maximum Gasteiger partial charge on any atom is 0.212 e. The van der Waals surface area contributed by atoms with Crippen molar-refractivity contribution in [3.63, 3.8) is 0 Å². The Morgan fingerprint density at radius 3 is 2.71 bits per heavy atom. The van der Waals surface area contributed by atoms with E-state index in [0.29, 0.717) is 17.5 Å². The second-order valence-corrected chi connectivity index (χ2v) is 7.72. The van der Waals surface area contributed by atoms with Crippen LogP contribution in [0.15, 0.2) is 41.6 Å². The zero-order valence-corrected chi connectivity index (χ0v) is 17.5. The summed E-state index contributed by atoms with van der Waals surface area (Å²) in [5.41, 5.74) is 6.52. The summed E-state index contributed by atoms with van der Waals surface area (Å²) in [6.45, 7) is 4.67. The van der Waals surface area contributed by atoms with Crippen LogP contribution in [-0.2, 0) is 6.42 Å². The summed E-state index contributed by atoms with van der Waals surface area (Å²) in [6, 6.07) is 11.7. The highest BCUT2D eigenvalue weighted by atomic mass is 35.5. The highest BCUT2D eigenvalue weighted by molar-refractivity contribution is 7.99. The molecule has 8 heteroatoms. The molecule has 0 spiro atoms. The summed E-state index contributed by atoms with van der Waals surface area (Å²) in [6.07, 6.45) is 0.872. The van der Waals surface area contributed by atoms with Crippen LogP contribution in [0, 0.1) is 0 Å². The van der Waals surface area contributed by atoms with E-state index in [1.54, 1.807) is 18.9 Å². The zero-order valence-electron chi connectivity index (χ0n) is 15.9. The van der Waals surface area contributed by atoms with E-state index in [0.717, 1.165) is 39.8 Å². The van der Waals surface area contributed by atoms with Gasteiger partial charge in [-0.05, 0) is 37.1 Å². The van der Waals surface area contributed by atoms with Gasteiger partial charge in [0.25, 0.3) is 0 Å². The second-order valence-electron chi connectivity index (χ2n) is 6.24. The molecule has 3 aromatic rings. The Bertz CT molecular complexity index is 1010. The van der Waals surface area contributed by atoms with Crippen LogP contribution in [0.1, 0.15) is 30.3 Å². The van der Waals surface area contributed by atoms with Crippen molar-refractivity contribution in [3.8, 4) is 22.9 Å². The van der Waals surface area contributed by atoms with Gasteiger partial charge < -0.3 is 14.9 Å². The molecule has 0 radical (unpaired) electrons. The maximum absolute atomic E-state index is 6.36. The Balaban J connectivity index is 1.71. The van der Waals surface area contributed by atoms with Crippen LogP contribution >= 0.6 is 23.4 Å². The summed E-state index contributed by atoms with van der Waals surface area (Å²) in [4.78, 5) is 0. The number of nitrogens with one attached hydrogen (secondary N) is 1. The van der Waals surface area contributed by atoms with Gasteiger partial charge in [-0.1, -0.05) is 42.4 Å². The summed E-state index contributed by atoms with van der Waals surface area (Å²) in [7, 11) is 1.68. The molecule has 0 bridgehead atoms. The van der Waals surface area contributed by atoms with Crippen molar-refractivity contribution < 1.29 is 9.47 Å². The van der Waals surface area contributed by atoms with Gasteiger partial charge in [0.2, 0.25) is 5.16 Å². The predicted molar refractivity (Wildman–Crippen MR) is 112 cm³/mol. The molecule has 1 atom stereocenters. The summed E-state index contributed by atoms with van der Waals surface area (Å²) < 4.78 is 13.3. The first-order valence-corrected chi connectivity index (χ1v) is 10.4. The monoisotopic (exact) mass is 416 g/mol. The average Bonchev–Trinajstić information content (AvgIpc) is 3.29. The minimum atomic E-state index is -0.0514. The molecule has 0 aliphatic carbocycles. The fraction of sp³-hybridized carbons (Fsp3) is 0.300. The Kier molecular flexibility index (Phi) is 5.37. The minimum Gasteiger partial charge on any atom is -0.496 e. The van der Waals surface area contributed by atoms with Crippen LogP contribution in [0.3, 0.4) is 0 Å². The number of ether oxygens (including phenoxy) is 2. The van der Waals surface area contributed by atoms with E-state index in [-0.39, 0.29) is 5.37 Å². The molecule has 0 amide bonds. The number of halogens is 1. The van der Waals surface area contributed by atoms with Gasteiger partial charge in [-0.15, -0.1) is 10.2 Å². The number of aryl methyl sites for hydroxylation is 1. The Labute approximate surface area is 173 Å². The quantitative estimate of drug-likeness (QED) is 0.615. The van der Waals surface area contributed by atoms with Crippen molar-refractivity contribution in [2.45, 2.75) is 30.8 Å². The Hall–Kier alpha value is -2.38. The van der Waals surface area contributed by atoms with Crippen LogP contribution in [0.5, 0.6) is 11.5 Å². The maximum atomic E-state index is 6.36. The Morgan fingerprint density at radius 1 is 1.18 bits per heavy atom. The van der Waals surface area contributed by atoms with Gasteiger partial charge in [0.05, 0.1) is 18.7 Å². The molecule has 1 aliphatic heterocycles. The number of aromatic nitrogens is 3. The molecule has 28 heavy (non-hydrogen) atoms. The van der Waals surface area contributed by atoms with Gasteiger partial charge in [-0.25, -0.2) is 4.68 Å². The number of thioether (sulfide) groups is 1. The first-order valence-electron chi connectivity index (χ1n) is 9.13. The van der Waals surface area contributed by atoms with Crippen LogP contribution in [-0.4, -0.2) is 28.6 Å². The van der Waals surface area contributed by atoms with Gasteiger partial charge in [-0.3, -0.25) is 0 Å². The highest BCUT2D eigenvalue weighted by Gasteiger charge is 2.31. The number of hydrogen-bond donors (Lipinski definition) is 1. The van der Waals surface area contributed by atoms with Crippen molar-refractivity contribution in [2.24, 2.45) is 0 Å². The van der Waals surface area contributed by atoms with E-state index in [4.69, 9.17) is 21.1 Å². The Morgan fingerprint density at radius 2 is 2.00 bits per heavy atom. The zero-order chi connectivity index (χ0) is 19.7. The predicted octanol–water partition coefficient (Wildman–Crippen LogP) is 4.92. The molecular weight excluding hydrogens is 396 g/mol. The second kappa shape index (κ2) is 7.93. The molecule has 1 aromatic heterocycles. The molecular formula is C20H21ClN4O2S. The lowest BCUT2D eigenvalue weighted by Crippen LogP contribution is -2.15. The molecule has 2 aromatic carbocycles. The third-order valence-corrected chi connectivity index (χ3v) is 5.99. The van der Waals surface area contributed by atoms with Crippen molar-refractivity contribution in [3.05, 3.63) is 52.5 Å². The summed E-state index contributed by atoms with van der Waals surface area (Å²) in [5.74, 6) is 2.34. The third-order valence-electron chi connectivity index (χ3n) is 4.59. The molecule has 1 N–H and O–H groups in total. The van der Waals surface area contributed by atoms with Crippen LogP contribution in [0.2, 0.25) is 5.02 Å². The number of methoxy groups -OCH3 is 1. The first kappa shape index (κ1) is 19.0. The van der Waals surface area contributed by atoms with Crippen LogP contribution in [0.25, 0.3) is 11.4 Å². The SMILES string of the molecule is CCOc1cc(OC)c(CC)cc1C1Nn2c(nnc2-c2ccccc2Cl)S1. The molecule has 1 aliphatic rings. The summed E-state index contributed by atoms with van der Waals surface area (Å²) >= 11 is 7.96. The van der Waals surface area contributed by atoms with E-state index < -0.39 is 0 Å². The van der Waals surface area contributed by atoms with Crippen molar-refractivity contribution in [1.82, 2.24) is 14.9 Å². The number of fused-ring (bicyclic) bond motifs is 1. The van der Waals surface area contributed by atoms with E-state index >= 15 is 0 Å². The number of nitrogens with zero attached hydrogens (tertiary/aromatic N) is 3. The van der Waals surface area contributed by atoms with E-state index in [1.165, 1.54) is 0 Å². The van der Waals surface area contributed by atoms with Gasteiger partial charge in [-0.2, -0.15) is 0 Å². The number of benzene rings is 2. The highest BCUT2D eigenvalue weighted by Crippen LogP contribution is 2.45. The molecule has 1 unspecified atom stereocenters. The van der Waals surface area contributed by atoms with Crippen molar-refractivity contribution >= 4 is 23.4 Å². The molecule has 4 rings (SSSR count). The van der Waals surface area contributed by atoms with Crippen molar-refractivity contribution in [1.29, 1.82) is 0 Å². The molecule has 0 saturated carbocycles. The third kappa shape index (κ3) is 3.29.